The van der Waals surface area contributed by atoms with Crippen LogP contribution in [-0.2, 0) is 4.79 Å². The fraction of sp³-hybridized carbons (Fsp3) is 0.364. The van der Waals surface area contributed by atoms with Crippen molar-refractivity contribution in [3.63, 3.8) is 0 Å². The molecule has 1 saturated heterocycles. The van der Waals surface area contributed by atoms with Crippen LogP contribution < -0.4 is 5.32 Å². The minimum absolute atomic E-state index is 0.0620. The number of thiazole rings is 1. The van der Waals surface area contributed by atoms with E-state index in [2.05, 4.69) is 42.3 Å². The Hall–Kier alpha value is -2.24. The largest absolute Gasteiger partial charge is 0.325 e. The van der Waals surface area contributed by atoms with Crippen molar-refractivity contribution in [2.45, 2.75) is 39.2 Å². The maximum Gasteiger partial charge on any atom is 0.238 e. The molecule has 4 nitrogen and oxygen atoms in total. The zero-order chi connectivity index (χ0) is 18.8. The van der Waals surface area contributed by atoms with Gasteiger partial charge in [-0.05, 0) is 75.2 Å². The molecule has 2 aromatic carbocycles. The molecular formula is C22H25N3OS. The highest BCUT2D eigenvalue weighted by Gasteiger charge is 2.20. The van der Waals surface area contributed by atoms with Gasteiger partial charge in [0, 0.05) is 17.3 Å². The van der Waals surface area contributed by atoms with E-state index in [9.17, 15) is 4.79 Å². The third-order valence-corrected chi connectivity index (χ3v) is 6.31. The topological polar surface area (TPSA) is 45.2 Å². The molecule has 2 heterocycles. The summed E-state index contributed by atoms with van der Waals surface area (Å²) in [7, 11) is 0. The zero-order valence-electron chi connectivity index (χ0n) is 15.9. The number of amides is 1. The zero-order valence-corrected chi connectivity index (χ0v) is 16.7. The average molecular weight is 380 g/mol. The van der Waals surface area contributed by atoms with Gasteiger partial charge in [0.05, 0.1) is 16.8 Å². The van der Waals surface area contributed by atoms with Gasteiger partial charge >= 0.3 is 0 Å². The van der Waals surface area contributed by atoms with Crippen LogP contribution in [0.5, 0.6) is 0 Å². The van der Waals surface area contributed by atoms with Crippen LogP contribution in [0.15, 0.2) is 42.5 Å². The summed E-state index contributed by atoms with van der Waals surface area (Å²) in [6.07, 6.45) is 3.64. The lowest BCUT2D eigenvalue weighted by atomic mass is 10.0. The molecule has 1 N–H and O–H groups in total. The number of anilines is 1. The maximum absolute atomic E-state index is 12.4. The number of carbonyl (C=O) groups excluding carboxylic acids is 1. The molecule has 5 heteroatoms. The van der Waals surface area contributed by atoms with E-state index in [0.29, 0.717) is 12.6 Å². The first-order chi connectivity index (χ1) is 13.1. The first kappa shape index (κ1) is 18.1. The normalized spacial score (nSPS) is 17.9. The van der Waals surface area contributed by atoms with E-state index in [4.69, 9.17) is 4.98 Å². The SMILES string of the molecule is Cc1ccc2nc(-c3ccc(NC(=O)CN4CCCC[C@@H]4C)cc3)sc2c1. The molecule has 0 saturated carbocycles. The van der Waals surface area contributed by atoms with Crippen molar-refractivity contribution in [3.05, 3.63) is 48.0 Å². The number of hydrogen-bond acceptors (Lipinski definition) is 4. The van der Waals surface area contributed by atoms with Crippen LogP contribution >= 0.6 is 11.3 Å². The molecule has 0 radical (unpaired) electrons. The Morgan fingerprint density at radius 3 is 2.81 bits per heavy atom. The van der Waals surface area contributed by atoms with E-state index in [0.717, 1.165) is 28.3 Å². The lowest BCUT2D eigenvalue weighted by molar-refractivity contribution is -0.118. The molecule has 0 aliphatic carbocycles. The number of nitrogens with zero attached hydrogens (tertiary/aromatic N) is 2. The molecule has 1 aliphatic heterocycles. The summed E-state index contributed by atoms with van der Waals surface area (Å²) < 4.78 is 1.21. The third kappa shape index (κ3) is 4.20. The molecule has 1 aliphatic rings. The van der Waals surface area contributed by atoms with E-state index in [1.165, 1.54) is 29.5 Å². The highest BCUT2D eigenvalue weighted by atomic mass is 32.1. The number of hydrogen-bond donors (Lipinski definition) is 1. The third-order valence-electron chi connectivity index (χ3n) is 5.25. The Morgan fingerprint density at radius 2 is 2.04 bits per heavy atom. The van der Waals surface area contributed by atoms with Gasteiger partial charge in [0.1, 0.15) is 5.01 Å². The Labute approximate surface area is 164 Å². The second-order valence-electron chi connectivity index (χ2n) is 7.43. The van der Waals surface area contributed by atoms with Crippen molar-refractivity contribution < 1.29 is 4.79 Å². The number of benzene rings is 2. The molecule has 0 spiro atoms. The standard InChI is InChI=1S/C22H25N3OS/c1-15-6-11-19-20(13-15)27-22(24-19)17-7-9-18(10-8-17)23-21(26)14-25-12-4-3-5-16(25)2/h6-11,13,16H,3-5,12,14H2,1-2H3,(H,23,26)/t16-/m0/s1. The molecule has 4 rings (SSSR count). The number of nitrogens with one attached hydrogen (secondary N) is 1. The predicted octanol–water partition coefficient (Wildman–Crippen LogP) is 5.08. The van der Waals surface area contributed by atoms with Gasteiger partial charge in [-0.25, -0.2) is 4.98 Å². The molecule has 140 valence electrons. The van der Waals surface area contributed by atoms with Crippen LogP contribution in [0.3, 0.4) is 0 Å². The minimum Gasteiger partial charge on any atom is -0.325 e. The van der Waals surface area contributed by atoms with Crippen LogP contribution in [0.1, 0.15) is 31.7 Å². The Balaban J connectivity index is 1.42. The highest BCUT2D eigenvalue weighted by Crippen LogP contribution is 2.31. The van der Waals surface area contributed by atoms with Gasteiger partial charge in [-0.1, -0.05) is 12.5 Å². The van der Waals surface area contributed by atoms with E-state index in [1.54, 1.807) is 11.3 Å². The van der Waals surface area contributed by atoms with Crippen molar-refractivity contribution in [2.75, 3.05) is 18.4 Å². The Bertz CT molecular complexity index is 948. The number of fused-ring (bicyclic) bond motifs is 1. The van der Waals surface area contributed by atoms with Crippen molar-refractivity contribution >= 4 is 33.1 Å². The Morgan fingerprint density at radius 1 is 1.22 bits per heavy atom. The molecule has 1 fully saturated rings. The highest BCUT2D eigenvalue weighted by molar-refractivity contribution is 7.21. The van der Waals surface area contributed by atoms with Gasteiger partial charge in [-0.2, -0.15) is 0 Å². The van der Waals surface area contributed by atoms with Crippen LogP contribution in [-0.4, -0.2) is 34.9 Å². The minimum atomic E-state index is 0.0620. The van der Waals surface area contributed by atoms with Crippen LogP contribution in [0.25, 0.3) is 20.8 Å². The molecule has 27 heavy (non-hydrogen) atoms. The van der Waals surface area contributed by atoms with E-state index in [-0.39, 0.29) is 5.91 Å². The van der Waals surface area contributed by atoms with Crippen molar-refractivity contribution in [1.29, 1.82) is 0 Å². The first-order valence-electron chi connectivity index (χ1n) is 9.60. The molecule has 1 aromatic heterocycles. The lowest BCUT2D eigenvalue weighted by Crippen LogP contribution is -2.42. The Kier molecular flexibility index (Phi) is 5.23. The number of likely N-dealkylation sites (tertiary alicyclic amines) is 1. The summed E-state index contributed by atoms with van der Waals surface area (Å²) in [5.41, 5.74) is 4.20. The predicted molar refractivity (Wildman–Crippen MR) is 113 cm³/mol. The molecule has 1 atom stereocenters. The molecular weight excluding hydrogens is 354 g/mol. The second-order valence-corrected chi connectivity index (χ2v) is 8.46. The summed E-state index contributed by atoms with van der Waals surface area (Å²) in [5.74, 6) is 0.0620. The second kappa shape index (κ2) is 7.79. The fourth-order valence-electron chi connectivity index (χ4n) is 3.63. The van der Waals surface area contributed by atoms with Gasteiger partial charge in [-0.15, -0.1) is 11.3 Å². The van der Waals surface area contributed by atoms with Crippen molar-refractivity contribution in [3.8, 4) is 10.6 Å². The number of aromatic nitrogens is 1. The van der Waals surface area contributed by atoms with E-state index >= 15 is 0 Å². The maximum atomic E-state index is 12.4. The molecule has 1 amide bonds. The lowest BCUT2D eigenvalue weighted by Gasteiger charge is -2.32. The van der Waals surface area contributed by atoms with Crippen LogP contribution in [0, 0.1) is 6.92 Å². The molecule has 0 unspecified atom stereocenters. The monoisotopic (exact) mass is 379 g/mol. The van der Waals surface area contributed by atoms with Crippen molar-refractivity contribution in [2.24, 2.45) is 0 Å². The first-order valence-corrected chi connectivity index (χ1v) is 10.4. The number of aryl methyl sites for hydroxylation is 1. The molecule has 0 bridgehead atoms. The summed E-state index contributed by atoms with van der Waals surface area (Å²) >= 11 is 1.70. The van der Waals surface area contributed by atoms with Gasteiger partial charge in [0.2, 0.25) is 5.91 Å². The summed E-state index contributed by atoms with van der Waals surface area (Å²) in [4.78, 5) is 19.4. The van der Waals surface area contributed by atoms with Crippen LogP contribution in [0.2, 0.25) is 0 Å². The van der Waals surface area contributed by atoms with Gasteiger partial charge in [-0.3, -0.25) is 9.69 Å². The van der Waals surface area contributed by atoms with E-state index in [1.807, 2.05) is 24.3 Å². The fourth-order valence-corrected chi connectivity index (χ4v) is 4.70. The number of piperidine rings is 1. The summed E-state index contributed by atoms with van der Waals surface area (Å²) in [5, 5.41) is 4.03. The summed E-state index contributed by atoms with van der Waals surface area (Å²) in [6, 6.07) is 14.8. The van der Waals surface area contributed by atoms with Crippen molar-refractivity contribution in [1.82, 2.24) is 9.88 Å². The molecule has 3 aromatic rings. The smallest absolute Gasteiger partial charge is 0.238 e. The average Bonchev–Trinajstić information content (AvgIpc) is 3.07. The van der Waals surface area contributed by atoms with Gasteiger partial charge in [0.25, 0.3) is 0 Å². The summed E-state index contributed by atoms with van der Waals surface area (Å²) in [6.45, 7) is 5.80. The van der Waals surface area contributed by atoms with Gasteiger partial charge < -0.3 is 5.32 Å². The number of rotatable bonds is 4. The van der Waals surface area contributed by atoms with Gasteiger partial charge in [0.15, 0.2) is 0 Å². The van der Waals surface area contributed by atoms with E-state index < -0.39 is 0 Å². The van der Waals surface area contributed by atoms with Crippen LogP contribution in [0.4, 0.5) is 5.69 Å². The number of carbonyl (C=O) groups is 1. The quantitative estimate of drug-likeness (QED) is 0.687.